The second kappa shape index (κ2) is 7.30. The maximum absolute atomic E-state index is 12.4. The number of methoxy groups -OCH3 is 1. The maximum Gasteiger partial charge on any atom is 0.433 e. The summed E-state index contributed by atoms with van der Waals surface area (Å²) in [6.45, 7) is 1.02. The molecule has 7 heteroatoms. The molecule has 0 aliphatic heterocycles. The van der Waals surface area contributed by atoms with E-state index >= 15 is 0 Å². The topological polar surface area (TPSA) is 60.2 Å². The Balaban J connectivity index is 2.64. The van der Waals surface area contributed by atoms with Crippen molar-refractivity contribution >= 4 is 5.69 Å². The van der Waals surface area contributed by atoms with Gasteiger partial charge in [0.1, 0.15) is 5.69 Å². The first-order valence-corrected chi connectivity index (χ1v) is 5.96. The number of alkyl halides is 3. The Morgan fingerprint density at radius 3 is 2.63 bits per heavy atom. The van der Waals surface area contributed by atoms with Gasteiger partial charge in [-0.25, -0.2) is 4.98 Å². The lowest BCUT2D eigenvalue weighted by Gasteiger charge is -2.19. The smallest absolute Gasteiger partial charge is 0.383 e. The number of anilines is 1. The minimum atomic E-state index is -4.41. The molecule has 0 amide bonds. The highest BCUT2D eigenvalue weighted by molar-refractivity contribution is 5.42. The average Bonchev–Trinajstić information content (AvgIpc) is 2.36. The fraction of sp³-hybridized carbons (Fsp3) is 0.583. The van der Waals surface area contributed by atoms with Crippen LogP contribution in [0.15, 0.2) is 18.3 Å². The summed E-state index contributed by atoms with van der Waals surface area (Å²) in [6, 6.07) is 2.32. The van der Waals surface area contributed by atoms with E-state index in [0.29, 0.717) is 18.8 Å². The highest BCUT2D eigenvalue weighted by Gasteiger charge is 2.32. The van der Waals surface area contributed by atoms with Crippen LogP contribution in [-0.4, -0.2) is 31.3 Å². The van der Waals surface area contributed by atoms with Gasteiger partial charge in [-0.1, -0.05) is 0 Å². The standard InChI is InChI=1S/C12H18F3N3O/c1-19-8-10(3-2-6-16)18-9-4-5-11(17-7-9)12(13,14)15/h4-5,7,10,18H,2-3,6,8,16H2,1H3. The maximum atomic E-state index is 12.4. The fourth-order valence-corrected chi connectivity index (χ4v) is 1.65. The number of halogens is 3. The lowest BCUT2D eigenvalue weighted by Crippen LogP contribution is -2.26. The average molecular weight is 277 g/mol. The molecule has 0 fully saturated rings. The summed E-state index contributed by atoms with van der Waals surface area (Å²) in [5, 5.41) is 3.08. The van der Waals surface area contributed by atoms with E-state index in [1.807, 2.05) is 0 Å². The van der Waals surface area contributed by atoms with Gasteiger partial charge in [-0.2, -0.15) is 13.2 Å². The Morgan fingerprint density at radius 1 is 1.42 bits per heavy atom. The molecule has 1 aromatic heterocycles. The number of nitrogens with zero attached hydrogens (tertiary/aromatic N) is 1. The van der Waals surface area contributed by atoms with E-state index in [0.717, 1.165) is 18.9 Å². The van der Waals surface area contributed by atoms with Gasteiger partial charge in [0.15, 0.2) is 0 Å². The molecule has 0 saturated carbocycles. The molecule has 0 saturated heterocycles. The molecule has 0 spiro atoms. The summed E-state index contributed by atoms with van der Waals surface area (Å²) in [4.78, 5) is 3.39. The van der Waals surface area contributed by atoms with Crippen molar-refractivity contribution in [1.82, 2.24) is 4.98 Å². The predicted octanol–water partition coefficient (Wildman–Crippen LogP) is 2.27. The Morgan fingerprint density at radius 2 is 2.16 bits per heavy atom. The van der Waals surface area contributed by atoms with Gasteiger partial charge in [0.2, 0.25) is 0 Å². The number of aromatic nitrogens is 1. The van der Waals surface area contributed by atoms with E-state index in [1.54, 1.807) is 7.11 Å². The minimum absolute atomic E-state index is 0.00656. The van der Waals surface area contributed by atoms with Crippen LogP contribution in [0, 0.1) is 0 Å². The van der Waals surface area contributed by atoms with E-state index in [-0.39, 0.29) is 6.04 Å². The number of nitrogens with one attached hydrogen (secondary N) is 1. The second-order valence-electron chi connectivity index (χ2n) is 4.16. The Hall–Kier alpha value is -1.34. The number of pyridine rings is 1. The first-order chi connectivity index (χ1) is 8.97. The van der Waals surface area contributed by atoms with Crippen molar-refractivity contribution in [3.05, 3.63) is 24.0 Å². The molecule has 0 aliphatic rings. The molecular weight excluding hydrogens is 259 g/mol. The largest absolute Gasteiger partial charge is 0.433 e. The van der Waals surface area contributed by atoms with Crippen LogP contribution in [0.5, 0.6) is 0 Å². The molecule has 0 aliphatic carbocycles. The first kappa shape index (κ1) is 15.7. The molecule has 108 valence electrons. The lowest BCUT2D eigenvalue weighted by atomic mass is 10.1. The van der Waals surface area contributed by atoms with Crippen molar-refractivity contribution in [3.63, 3.8) is 0 Å². The molecule has 1 aromatic rings. The Kier molecular flexibility index (Phi) is 6.04. The molecule has 1 heterocycles. The van der Waals surface area contributed by atoms with Gasteiger partial charge >= 0.3 is 6.18 Å². The summed E-state index contributed by atoms with van der Waals surface area (Å²) in [5.74, 6) is 0. The minimum Gasteiger partial charge on any atom is -0.383 e. The highest BCUT2D eigenvalue weighted by atomic mass is 19.4. The lowest BCUT2D eigenvalue weighted by molar-refractivity contribution is -0.141. The van der Waals surface area contributed by atoms with E-state index in [4.69, 9.17) is 10.5 Å². The molecule has 0 aromatic carbocycles. The summed E-state index contributed by atoms with van der Waals surface area (Å²) in [6.07, 6.45) is -1.64. The number of rotatable bonds is 7. The molecule has 3 N–H and O–H groups in total. The summed E-state index contributed by atoms with van der Waals surface area (Å²) in [7, 11) is 1.57. The molecule has 0 radical (unpaired) electrons. The summed E-state index contributed by atoms with van der Waals surface area (Å²) in [5.41, 5.74) is 5.06. The summed E-state index contributed by atoms with van der Waals surface area (Å²) >= 11 is 0. The van der Waals surface area contributed by atoms with Gasteiger partial charge in [-0.05, 0) is 31.5 Å². The molecule has 1 atom stereocenters. The quantitative estimate of drug-likeness (QED) is 0.802. The SMILES string of the molecule is COCC(CCCN)Nc1ccc(C(F)(F)F)nc1. The fourth-order valence-electron chi connectivity index (χ4n) is 1.65. The monoisotopic (exact) mass is 277 g/mol. The summed E-state index contributed by atoms with van der Waals surface area (Å²) < 4.78 is 42.1. The zero-order chi connectivity index (χ0) is 14.3. The Bertz CT molecular complexity index is 367. The van der Waals surface area contributed by atoms with E-state index in [9.17, 15) is 13.2 Å². The van der Waals surface area contributed by atoms with E-state index in [1.165, 1.54) is 12.3 Å². The van der Waals surface area contributed by atoms with Crippen molar-refractivity contribution in [2.75, 3.05) is 25.6 Å². The van der Waals surface area contributed by atoms with Crippen LogP contribution < -0.4 is 11.1 Å². The normalized spacial score (nSPS) is 13.3. The van der Waals surface area contributed by atoms with Crippen molar-refractivity contribution in [1.29, 1.82) is 0 Å². The van der Waals surface area contributed by atoms with Crippen LogP contribution in [0.4, 0.5) is 18.9 Å². The number of ether oxygens (including phenoxy) is 1. The van der Waals surface area contributed by atoms with Crippen LogP contribution in [0.3, 0.4) is 0 Å². The number of hydrogen-bond donors (Lipinski definition) is 2. The molecule has 0 bridgehead atoms. The Labute approximate surface area is 110 Å². The molecule has 4 nitrogen and oxygen atoms in total. The van der Waals surface area contributed by atoms with Crippen LogP contribution in [0.2, 0.25) is 0 Å². The van der Waals surface area contributed by atoms with Crippen LogP contribution in [-0.2, 0) is 10.9 Å². The first-order valence-electron chi connectivity index (χ1n) is 5.96. The molecule has 1 rings (SSSR count). The van der Waals surface area contributed by atoms with E-state index in [2.05, 4.69) is 10.3 Å². The van der Waals surface area contributed by atoms with Crippen molar-refractivity contribution < 1.29 is 17.9 Å². The van der Waals surface area contributed by atoms with Crippen molar-refractivity contribution in [2.24, 2.45) is 5.73 Å². The van der Waals surface area contributed by atoms with Gasteiger partial charge in [0.25, 0.3) is 0 Å². The van der Waals surface area contributed by atoms with Gasteiger partial charge in [0, 0.05) is 13.2 Å². The molecule has 1 unspecified atom stereocenters. The third-order valence-corrected chi connectivity index (χ3v) is 2.55. The highest BCUT2D eigenvalue weighted by Crippen LogP contribution is 2.27. The van der Waals surface area contributed by atoms with Crippen LogP contribution in [0.1, 0.15) is 18.5 Å². The predicted molar refractivity (Wildman–Crippen MR) is 66.8 cm³/mol. The number of nitrogens with two attached hydrogens (primary N) is 1. The zero-order valence-corrected chi connectivity index (χ0v) is 10.7. The second-order valence-corrected chi connectivity index (χ2v) is 4.16. The van der Waals surface area contributed by atoms with Crippen LogP contribution in [0.25, 0.3) is 0 Å². The van der Waals surface area contributed by atoms with Crippen molar-refractivity contribution in [2.45, 2.75) is 25.1 Å². The van der Waals surface area contributed by atoms with Crippen LogP contribution >= 0.6 is 0 Å². The third kappa shape index (κ3) is 5.44. The van der Waals surface area contributed by atoms with Gasteiger partial charge in [0.05, 0.1) is 18.5 Å². The van der Waals surface area contributed by atoms with E-state index < -0.39 is 11.9 Å². The number of hydrogen-bond acceptors (Lipinski definition) is 4. The third-order valence-electron chi connectivity index (χ3n) is 2.55. The van der Waals surface area contributed by atoms with Gasteiger partial charge < -0.3 is 15.8 Å². The zero-order valence-electron chi connectivity index (χ0n) is 10.7. The molecule has 19 heavy (non-hydrogen) atoms. The van der Waals surface area contributed by atoms with Gasteiger partial charge in [-0.15, -0.1) is 0 Å². The molecular formula is C12H18F3N3O. The van der Waals surface area contributed by atoms with Gasteiger partial charge in [-0.3, -0.25) is 0 Å². The van der Waals surface area contributed by atoms with Crippen molar-refractivity contribution in [3.8, 4) is 0 Å².